The molecule has 0 aliphatic heterocycles. The molecule has 0 saturated heterocycles. The molecule has 0 fully saturated rings. The first-order valence-corrected chi connectivity index (χ1v) is 6.38. The fourth-order valence-corrected chi connectivity index (χ4v) is 1.99. The van der Waals surface area contributed by atoms with Gasteiger partial charge in [-0.15, -0.1) is 0 Å². The Labute approximate surface area is 119 Å². The van der Waals surface area contributed by atoms with Gasteiger partial charge < -0.3 is 10.3 Å². The fraction of sp³-hybridized carbons (Fsp3) is 0.308. The average molecular weight is 296 g/mol. The molecule has 8 heteroatoms. The lowest BCUT2D eigenvalue weighted by atomic mass is 10.1. The van der Waals surface area contributed by atoms with Gasteiger partial charge in [0.1, 0.15) is 11.6 Å². The Morgan fingerprint density at radius 1 is 1.43 bits per heavy atom. The predicted molar refractivity (Wildman–Crippen MR) is 71.5 cm³/mol. The minimum Gasteiger partial charge on any atom is -0.347 e. The molecular formula is C13H14F2N4O2. The molecular weight excluding hydrogens is 282 g/mol. The van der Waals surface area contributed by atoms with E-state index < -0.39 is 22.2 Å². The number of benzene rings is 1. The van der Waals surface area contributed by atoms with Crippen LogP contribution in [0.1, 0.15) is 30.8 Å². The molecule has 0 saturated carbocycles. The van der Waals surface area contributed by atoms with Gasteiger partial charge in [-0.05, 0) is 6.42 Å². The number of nitrogens with one attached hydrogen (secondary N) is 2. The van der Waals surface area contributed by atoms with E-state index in [0.29, 0.717) is 18.3 Å². The first kappa shape index (κ1) is 15.0. The van der Waals surface area contributed by atoms with Crippen LogP contribution in [0.2, 0.25) is 0 Å². The van der Waals surface area contributed by atoms with Gasteiger partial charge in [0.15, 0.2) is 0 Å². The number of nitro groups is 1. The van der Waals surface area contributed by atoms with Gasteiger partial charge in [0.2, 0.25) is 5.82 Å². The highest BCUT2D eigenvalue weighted by molar-refractivity contribution is 5.37. The van der Waals surface area contributed by atoms with Crippen molar-refractivity contribution in [3.63, 3.8) is 0 Å². The molecule has 1 aromatic heterocycles. The number of hydrogen-bond donors (Lipinski definition) is 2. The van der Waals surface area contributed by atoms with Crippen LogP contribution >= 0.6 is 0 Å². The SMILES string of the molecule is CCC(NCc1cc([N+](=O)[O-])c(F)cc1F)c1ncc[nH]1. The van der Waals surface area contributed by atoms with Crippen molar-refractivity contribution in [2.24, 2.45) is 0 Å². The van der Waals surface area contributed by atoms with Crippen LogP contribution in [0, 0.1) is 21.7 Å². The monoisotopic (exact) mass is 296 g/mol. The molecule has 0 spiro atoms. The number of aromatic nitrogens is 2. The van der Waals surface area contributed by atoms with E-state index in [2.05, 4.69) is 15.3 Å². The number of hydrogen-bond acceptors (Lipinski definition) is 4. The minimum atomic E-state index is -1.18. The molecule has 1 heterocycles. The summed E-state index contributed by atoms with van der Waals surface area (Å²) < 4.78 is 26.9. The molecule has 1 aromatic carbocycles. The third kappa shape index (κ3) is 3.40. The van der Waals surface area contributed by atoms with Crippen molar-refractivity contribution in [1.29, 1.82) is 0 Å². The number of imidazole rings is 1. The van der Waals surface area contributed by atoms with Crippen LogP contribution in [-0.2, 0) is 6.54 Å². The quantitative estimate of drug-likeness (QED) is 0.634. The molecule has 21 heavy (non-hydrogen) atoms. The molecule has 2 N–H and O–H groups in total. The van der Waals surface area contributed by atoms with Crippen molar-refractivity contribution >= 4 is 5.69 Å². The average Bonchev–Trinajstić information content (AvgIpc) is 2.95. The molecule has 6 nitrogen and oxygen atoms in total. The Hall–Kier alpha value is -2.35. The summed E-state index contributed by atoms with van der Waals surface area (Å²) in [5, 5.41) is 13.7. The Bertz CT molecular complexity index is 631. The van der Waals surface area contributed by atoms with Gasteiger partial charge >= 0.3 is 5.69 Å². The fourth-order valence-electron chi connectivity index (χ4n) is 1.99. The summed E-state index contributed by atoms with van der Waals surface area (Å²) in [5.74, 6) is -1.31. The Balaban J connectivity index is 2.16. The van der Waals surface area contributed by atoms with Gasteiger partial charge in [-0.25, -0.2) is 9.37 Å². The van der Waals surface area contributed by atoms with E-state index in [1.54, 1.807) is 12.4 Å². The summed E-state index contributed by atoms with van der Waals surface area (Å²) >= 11 is 0. The zero-order valence-electron chi connectivity index (χ0n) is 11.3. The molecule has 1 atom stereocenters. The first-order valence-electron chi connectivity index (χ1n) is 6.38. The summed E-state index contributed by atoms with van der Waals surface area (Å²) in [4.78, 5) is 16.8. The summed E-state index contributed by atoms with van der Waals surface area (Å²) in [6.07, 6.45) is 3.96. The van der Waals surface area contributed by atoms with E-state index >= 15 is 0 Å². The molecule has 0 radical (unpaired) electrons. The van der Waals surface area contributed by atoms with Crippen LogP contribution < -0.4 is 5.32 Å². The summed E-state index contributed by atoms with van der Waals surface area (Å²) in [7, 11) is 0. The zero-order valence-corrected chi connectivity index (χ0v) is 11.3. The van der Waals surface area contributed by atoms with E-state index in [-0.39, 0.29) is 18.2 Å². The second-order valence-corrected chi connectivity index (χ2v) is 4.47. The first-order chi connectivity index (χ1) is 10.0. The van der Waals surface area contributed by atoms with Crippen LogP contribution in [0.25, 0.3) is 0 Å². The van der Waals surface area contributed by atoms with Crippen molar-refractivity contribution < 1.29 is 13.7 Å². The van der Waals surface area contributed by atoms with Gasteiger partial charge in [-0.1, -0.05) is 6.92 Å². The second kappa shape index (κ2) is 6.40. The minimum absolute atomic E-state index is 0.0339. The predicted octanol–water partition coefficient (Wildman–Crippen LogP) is 2.84. The largest absolute Gasteiger partial charge is 0.347 e. The zero-order chi connectivity index (χ0) is 15.4. The van der Waals surface area contributed by atoms with Crippen LogP contribution in [-0.4, -0.2) is 14.9 Å². The number of aromatic amines is 1. The number of nitrogens with zero attached hydrogens (tertiary/aromatic N) is 2. The standard InChI is InChI=1S/C13H14F2N4O2/c1-2-11(13-16-3-4-17-13)18-7-8-5-12(19(20)21)10(15)6-9(8)14/h3-6,11,18H,2,7H2,1H3,(H,16,17). The normalized spacial score (nSPS) is 12.3. The lowest BCUT2D eigenvalue weighted by Crippen LogP contribution is -2.22. The number of nitro benzene ring substituents is 1. The maximum Gasteiger partial charge on any atom is 0.305 e. The van der Waals surface area contributed by atoms with E-state index in [0.717, 1.165) is 6.07 Å². The third-order valence-electron chi connectivity index (χ3n) is 3.11. The summed E-state index contributed by atoms with van der Waals surface area (Å²) in [5.41, 5.74) is -0.702. The molecule has 112 valence electrons. The van der Waals surface area contributed by atoms with Gasteiger partial charge in [-0.2, -0.15) is 4.39 Å². The van der Waals surface area contributed by atoms with Gasteiger partial charge in [0.05, 0.1) is 11.0 Å². The maximum atomic E-state index is 13.7. The lowest BCUT2D eigenvalue weighted by molar-refractivity contribution is -0.387. The highest BCUT2D eigenvalue weighted by Crippen LogP contribution is 2.22. The van der Waals surface area contributed by atoms with Gasteiger partial charge in [0.25, 0.3) is 0 Å². The molecule has 2 aromatic rings. The van der Waals surface area contributed by atoms with Crippen LogP contribution in [0.15, 0.2) is 24.5 Å². The molecule has 0 amide bonds. The van der Waals surface area contributed by atoms with Crippen molar-refractivity contribution in [3.8, 4) is 0 Å². The highest BCUT2D eigenvalue weighted by atomic mass is 19.1. The maximum absolute atomic E-state index is 13.7. The van der Waals surface area contributed by atoms with Crippen molar-refractivity contribution in [2.45, 2.75) is 25.9 Å². The van der Waals surface area contributed by atoms with E-state index in [1.807, 2.05) is 6.92 Å². The van der Waals surface area contributed by atoms with Crippen LogP contribution in [0.3, 0.4) is 0 Å². The molecule has 0 aliphatic rings. The number of H-pyrrole nitrogens is 1. The van der Waals surface area contributed by atoms with Crippen LogP contribution in [0.4, 0.5) is 14.5 Å². The number of halogens is 2. The Morgan fingerprint density at radius 2 is 2.19 bits per heavy atom. The molecule has 0 bridgehead atoms. The van der Waals surface area contributed by atoms with Crippen molar-refractivity contribution in [2.75, 3.05) is 0 Å². The van der Waals surface area contributed by atoms with Crippen LogP contribution in [0.5, 0.6) is 0 Å². The number of rotatable bonds is 6. The molecule has 2 rings (SSSR count). The second-order valence-electron chi connectivity index (χ2n) is 4.47. The van der Waals surface area contributed by atoms with E-state index in [9.17, 15) is 18.9 Å². The van der Waals surface area contributed by atoms with Gasteiger partial charge in [0, 0.05) is 36.6 Å². The summed E-state index contributed by atoms with van der Waals surface area (Å²) in [6.45, 7) is 1.95. The Kier molecular flexibility index (Phi) is 4.59. The van der Waals surface area contributed by atoms with E-state index in [1.165, 1.54) is 0 Å². The molecule has 0 aliphatic carbocycles. The lowest BCUT2D eigenvalue weighted by Gasteiger charge is -2.15. The molecule has 1 unspecified atom stereocenters. The third-order valence-corrected chi connectivity index (χ3v) is 3.11. The Morgan fingerprint density at radius 3 is 2.76 bits per heavy atom. The smallest absolute Gasteiger partial charge is 0.305 e. The highest BCUT2D eigenvalue weighted by Gasteiger charge is 2.19. The summed E-state index contributed by atoms with van der Waals surface area (Å²) in [6, 6.07) is 1.29. The topological polar surface area (TPSA) is 83.8 Å². The van der Waals surface area contributed by atoms with Gasteiger partial charge in [-0.3, -0.25) is 10.1 Å². The van der Waals surface area contributed by atoms with Crippen molar-refractivity contribution in [1.82, 2.24) is 15.3 Å². The van der Waals surface area contributed by atoms with E-state index in [4.69, 9.17) is 0 Å². The van der Waals surface area contributed by atoms with Crippen molar-refractivity contribution in [3.05, 3.63) is 57.7 Å².